The first-order chi connectivity index (χ1) is 7.66. The molecule has 1 heterocycles. The highest BCUT2D eigenvalue weighted by molar-refractivity contribution is 5.90. The summed E-state index contributed by atoms with van der Waals surface area (Å²) < 4.78 is 0. The van der Waals surface area contributed by atoms with Crippen LogP contribution in [0.3, 0.4) is 0 Å². The second-order valence-electron chi connectivity index (χ2n) is 4.63. The topological polar surface area (TPSA) is 78.4 Å². The Morgan fingerprint density at radius 2 is 2.06 bits per heavy atom. The van der Waals surface area contributed by atoms with Gasteiger partial charge in [-0.25, -0.2) is 0 Å². The maximum atomic E-state index is 11.8. The van der Waals surface area contributed by atoms with Crippen molar-refractivity contribution in [2.24, 2.45) is 0 Å². The van der Waals surface area contributed by atoms with Crippen molar-refractivity contribution in [3.05, 3.63) is 0 Å². The SMILES string of the molecule is O=C1CC[C@@H](C(=O)N[C@@H]2CCCC[C@H]2O)N1. The highest BCUT2D eigenvalue weighted by atomic mass is 16.3. The zero-order valence-electron chi connectivity index (χ0n) is 9.24. The third-order valence-corrected chi connectivity index (χ3v) is 3.37. The van der Waals surface area contributed by atoms with Gasteiger partial charge in [-0.2, -0.15) is 0 Å². The molecule has 3 atom stereocenters. The van der Waals surface area contributed by atoms with Gasteiger partial charge >= 0.3 is 0 Å². The molecular formula is C11H18N2O3. The Kier molecular flexibility index (Phi) is 3.43. The maximum absolute atomic E-state index is 11.8. The van der Waals surface area contributed by atoms with Gasteiger partial charge < -0.3 is 15.7 Å². The lowest BCUT2D eigenvalue weighted by atomic mass is 9.92. The molecule has 2 rings (SSSR count). The first kappa shape index (κ1) is 11.4. The van der Waals surface area contributed by atoms with E-state index in [0.29, 0.717) is 12.8 Å². The van der Waals surface area contributed by atoms with Crippen LogP contribution in [0.15, 0.2) is 0 Å². The average Bonchev–Trinajstić information content (AvgIpc) is 2.68. The van der Waals surface area contributed by atoms with Crippen molar-refractivity contribution >= 4 is 11.8 Å². The molecule has 0 aromatic rings. The van der Waals surface area contributed by atoms with Gasteiger partial charge in [0.05, 0.1) is 12.1 Å². The van der Waals surface area contributed by atoms with Crippen LogP contribution >= 0.6 is 0 Å². The van der Waals surface area contributed by atoms with Crippen LogP contribution in [-0.2, 0) is 9.59 Å². The van der Waals surface area contributed by atoms with E-state index < -0.39 is 12.1 Å². The van der Waals surface area contributed by atoms with Crippen molar-refractivity contribution in [2.75, 3.05) is 0 Å². The second kappa shape index (κ2) is 4.82. The highest BCUT2D eigenvalue weighted by Gasteiger charge is 2.31. The molecule has 2 amide bonds. The third kappa shape index (κ3) is 2.52. The van der Waals surface area contributed by atoms with Crippen LogP contribution in [0.4, 0.5) is 0 Å². The second-order valence-corrected chi connectivity index (χ2v) is 4.63. The van der Waals surface area contributed by atoms with E-state index in [0.717, 1.165) is 25.7 Å². The van der Waals surface area contributed by atoms with Gasteiger partial charge in [-0.1, -0.05) is 12.8 Å². The summed E-state index contributed by atoms with van der Waals surface area (Å²) >= 11 is 0. The lowest BCUT2D eigenvalue weighted by molar-refractivity contribution is -0.127. The standard InChI is InChI=1S/C11H18N2O3/c14-9-4-2-1-3-7(9)13-11(16)8-5-6-10(15)12-8/h7-9,14H,1-6H2,(H,12,15)(H,13,16)/t7-,8+,9-/m1/s1. The molecule has 1 saturated heterocycles. The minimum atomic E-state index is -0.435. The van der Waals surface area contributed by atoms with Gasteiger partial charge in [0, 0.05) is 6.42 Å². The zero-order valence-corrected chi connectivity index (χ0v) is 9.24. The molecule has 2 fully saturated rings. The minimum absolute atomic E-state index is 0.0654. The van der Waals surface area contributed by atoms with Crippen molar-refractivity contribution in [2.45, 2.75) is 56.7 Å². The number of nitrogens with one attached hydrogen (secondary N) is 2. The minimum Gasteiger partial charge on any atom is -0.391 e. The van der Waals surface area contributed by atoms with Crippen molar-refractivity contribution in [1.82, 2.24) is 10.6 Å². The summed E-state index contributed by atoms with van der Waals surface area (Å²) in [6.45, 7) is 0. The molecule has 1 aliphatic carbocycles. The summed E-state index contributed by atoms with van der Waals surface area (Å²) in [5, 5.41) is 15.2. The number of aliphatic hydroxyl groups excluding tert-OH is 1. The Morgan fingerprint density at radius 1 is 1.31 bits per heavy atom. The number of carbonyl (C=O) groups is 2. The summed E-state index contributed by atoms with van der Waals surface area (Å²) in [7, 11) is 0. The molecule has 1 aliphatic heterocycles. The van der Waals surface area contributed by atoms with Crippen LogP contribution in [0.5, 0.6) is 0 Å². The van der Waals surface area contributed by atoms with Crippen LogP contribution in [0.1, 0.15) is 38.5 Å². The fraction of sp³-hybridized carbons (Fsp3) is 0.818. The van der Waals surface area contributed by atoms with E-state index in [2.05, 4.69) is 10.6 Å². The molecule has 90 valence electrons. The van der Waals surface area contributed by atoms with Gasteiger partial charge in [-0.05, 0) is 19.3 Å². The Morgan fingerprint density at radius 3 is 2.69 bits per heavy atom. The van der Waals surface area contributed by atoms with Crippen LogP contribution in [0.2, 0.25) is 0 Å². The molecule has 0 aromatic heterocycles. The van der Waals surface area contributed by atoms with Gasteiger partial charge in [-0.3, -0.25) is 9.59 Å². The monoisotopic (exact) mass is 226 g/mol. The summed E-state index contributed by atoms with van der Waals surface area (Å²) in [6, 6.07) is -0.541. The fourth-order valence-electron chi connectivity index (χ4n) is 2.37. The predicted octanol–water partition coefficient (Wildman–Crippen LogP) is -0.315. The number of hydrogen-bond acceptors (Lipinski definition) is 3. The van der Waals surface area contributed by atoms with Crippen LogP contribution in [-0.4, -0.2) is 35.1 Å². The number of rotatable bonds is 2. The molecule has 5 nitrogen and oxygen atoms in total. The number of aliphatic hydroxyl groups is 1. The fourth-order valence-corrected chi connectivity index (χ4v) is 2.37. The summed E-state index contributed by atoms with van der Waals surface area (Å²) in [5.41, 5.74) is 0. The van der Waals surface area contributed by atoms with E-state index in [9.17, 15) is 14.7 Å². The molecule has 2 aliphatic rings. The van der Waals surface area contributed by atoms with Crippen LogP contribution < -0.4 is 10.6 Å². The third-order valence-electron chi connectivity index (χ3n) is 3.37. The highest BCUT2D eigenvalue weighted by Crippen LogP contribution is 2.18. The number of amides is 2. The van der Waals surface area contributed by atoms with Crippen molar-refractivity contribution < 1.29 is 14.7 Å². The van der Waals surface area contributed by atoms with Gasteiger partial charge in [0.2, 0.25) is 11.8 Å². The van der Waals surface area contributed by atoms with Crippen molar-refractivity contribution in [1.29, 1.82) is 0 Å². The normalized spacial score (nSPS) is 34.6. The van der Waals surface area contributed by atoms with E-state index in [4.69, 9.17) is 0 Å². The van der Waals surface area contributed by atoms with E-state index in [1.165, 1.54) is 0 Å². The molecule has 0 bridgehead atoms. The molecule has 0 radical (unpaired) electrons. The molecule has 0 unspecified atom stereocenters. The maximum Gasteiger partial charge on any atom is 0.242 e. The Labute approximate surface area is 94.6 Å². The molecule has 16 heavy (non-hydrogen) atoms. The molecule has 3 N–H and O–H groups in total. The number of hydrogen-bond donors (Lipinski definition) is 3. The first-order valence-corrected chi connectivity index (χ1v) is 5.94. The largest absolute Gasteiger partial charge is 0.391 e. The number of carbonyl (C=O) groups excluding carboxylic acids is 2. The predicted molar refractivity (Wildman–Crippen MR) is 57.6 cm³/mol. The summed E-state index contributed by atoms with van der Waals surface area (Å²) in [4.78, 5) is 22.7. The van der Waals surface area contributed by atoms with Crippen molar-refractivity contribution in [3.63, 3.8) is 0 Å². The molecular weight excluding hydrogens is 208 g/mol. The van der Waals surface area contributed by atoms with Gasteiger partial charge in [0.25, 0.3) is 0 Å². The lowest BCUT2D eigenvalue weighted by Crippen LogP contribution is -2.50. The van der Waals surface area contributed by atoms with E-state index in [1.54, 1.807) is 0 Å². The smallest absolute Gasteiger partial charge is 0.242 e. The van der Waals surface area contributed by atoms with Crippen LogP contribution in [0, 0.1) is 0 Å². The van der Waals surface area contributed by atoms with E-state index in [-0.39, 0.29) is 17.9 Å². The Bertz CT molecular complexity index is 293. The Hall–Kier alpha value is -1.10. The molecule has 5 heteroatoms. The average molecular weight is 226 g/mol. The van der Waals surface area contributed by atoms with E-state index >= 15 is 0 Å². The van der Waals surface area contributed by atoms with E-state index in [1.807, 2.05) is 0 Å². The first-order valence-electron chi connectivity index (χ1n) is 5.94. The summed E-state index contributed by atoms with van der Waals surface area (Å²) in [5.74, 6) is -0.221. The van der Waals surface area contributed by atoms with Gasteiger partial charge in [0.15, 0.2) is 0 Å². The molecule has 0 spiro atoms. The summed E-state index contributed by atoms with van der Waals surface area (Å²) in [6.07, 6.45) is 4.19. The zero-order chi connectivity index (χ0) is 11.5. The van der Waals surface area contributed by atoms with Crippen molar-refractivity contribution in [3.8, 4) is 0 Å². The quantitative estimate of drug-likeness (QED) is 0.604. The van der Waals surface area contributed by atoms with Gasteiger partial charge in [-0.15, -0.1) is 0 Å². The molecule has 0 aromatic carbocycles. The lowest BCUT2D eigenvalue weighted by Gasteiger charge is -2.29. The Balaban J connectivity index is 1.84. The van der Waals surface area contributed by atoms with Gasteiger partial charge in [0.1, 0.15) is 6.04 Å². The van der Waals surface area contributed by atoms with Crippen LogP contribution in [0.25, 0.3) is 0 Å². The molecule has 1 saturated carbocycles.